The molecule has 0 heterocycles. The normalized spacial score (nSPS) is 27.2. The molecular weight excluding hydrogens is 230 g/mol. The lowest BCUT2D eigenvalue weighted by molar-refractivity contribution is -0.143. The lowest BCUT2D eigenvalue weighted by Crippen LogP contribution is -2.46. The second-order valence-electron chi connectivity index (χ2n) is 5.21. The molecule has 0 aliphatic heterocycles. The summed E-state index contributed by atoms with van der Waals surface area (Å²) in [7, 11) is 0. The minimum atomic E-state index is -1.12. The van der Waals surface area contributed by atoms with Gasteiger partial charge in [0, 0.05) is 6.42 Å². The van der Waals surface area contributed by atoms with Crippen LogP contribution in [0.5, 0.6) is 5.75 Å². The monoisotopic (exact) mass is 249 g/mol. The number of carboxylic acid groups (broad SMARTS) is 1. The number of aryl methyl sites for hydroxylation is 2. The van der Waals surface area contributed by atoms with Gasteiger partial charge in [0.1, 0.15) is 17.4 Å². The second-order valence-corrected chi connectivity index (χ2v) is 5.21. The first-order valence-electron chi connectivity index (χ1n) is 6.17. The van der Waals surface area contributed by atoms with Crippen molar-refractivity contribution in [3.63, 3.8) is 0 Å². The van der Waals surface area contributed by atoms with Crippen LogP contribution in [0.2, 0.25) is 0 Å². The molecule has 2 atom stereocenters. The third kappa shape index (κ3) is 2.48. The maximum Gasteiger partial charge on any atom is 0.323 e. The Morgan fingerprint density at radius 2 is 2.22 bits per heavy atom. The molecule has 0 amide bonds. The number of benzene rings is 1. The molecule has 1 aliphatic rings. The van der Waals surface area contributed by atoms with E-state index in [0.717, 1.165) is 11.3 Å². The first kappa shape index (κ1) is 12.9. The van der Waals surface area contributed by atoms with Crippen molar-refractivity contribution >= 4 is 5.97 Å². The summed E-state index contributed by atoms with van der Waals surface area (Å²) in [4.78, 5) is 11.1. The molecule has 18 heavy (non-hydrogen) atoms. The molecule has 0 aromatic heterocycles. The fourth-order valence-corrected chi connectivity index (χ4v) is 2.43. The van der Waals surface area contributed by atoms with E-state index in [1.54, 1.807) is 0 Å². The minimum Gasteiger partial charge on any atom is -0.490 e. The van der Waals surface area contributed by atoms with Crippen LogP contribution in [-0.4, -0.2) is 22.7 Å². The van der Waals surface area contributed by atoms with E-state index in [2.05, 4.69) is 6.07 Å². The molecule has 0 bridgehead atoms. The van der Waals surface area contributed by atoms with Gasteiger partial charge in [-0.15, -0.1) is 0 Å². The number of aliphatic carboxylic acids is 1. The molecule has 4 nitrogen and oxygen atoms in total. The molecule has 2 rings (SSSR count). The van der Waals surface area contributed by atoms with Gasteiger partial charge in [-0.25, -0.2) is 0 Å². The van der Waals surface area contributed by atoms with Gasteiger partial charge in [-0.05, 0) is 38.3 Å². The SMILES string of the molecule is Cc1ccc(OC2CCC(N)(C(=O)O)C2)c(C)c1. The molecule has 0 radical (unpaired) electrons. The first-order valence-corrected chi connectivity index (χ1v) is 6.17. The van der Waals surface area contributed by atoms with Gasteiger partial charge in [-0.1, -0.05) is 17.7 Å². The van der Waals surface area contributed by atoms with Crippen molar-refractivity contribution in [2.45, 2.75) is 44.8 Å². The van der Waals surface area contributed by atoms with Crippen molar-refractivity contribution in [2.75, 3.05) is 0 Å². The average Bonchev–Trinajstić information content (AvgIpc) is 2.66. The van der Waals surface area contributed by atoms with Crippen LogP contribution in [0.4, 0.5) is 0 Å². The van der Waals surface area contributed by atoms with E-state index in [1.807, 2.05) is 26.0 Å². The fraction of sp³-hybridized carbons (Fsp3) is 0.500. The van der Waals surface area contributed by atoms with Gasteiger partial charge in [-0.3, -0.25) is 4.79 Å². The maximum absolute atomic E-state index is 11.1. The summed E-state index contributed by atoms with van der Waals surface area (Å²) in [5, 5.41) is 9.07. The Morgan fingerprint density at radius 1 is 1.50 bits per heavy atom. The van der Waals surface area contributed by atoms with Crippen LogP contribution in [0.3, 0.4) is 0 Å². The van der Waals surface area contributed by atoms with Gasteiger partial charge in [-0.2, -0.15) is 0 Å². The Balaban J connectivity index is 2.06. The molecule has 1 aromatic carbocycles. The zero-order chi connectivity index (χ0) is 13.3. The molecule has 0 saturated heterocycles. The largest absolute Gasteiger partial charge is 0.490 e. The van der Waals surface area contributed by atoms with E-state index in [1.165, 1.54) is 5.56 Å². The Morgan fingerprint density at radius 3 is 2.78 bits per heavy atom. The van der Waals surface area contributed by atoms with E-state index in [0.29, 0.717) is 19.3 Å². The molecule has 4 heteroatoms. The summed E-state index contributed by atoms with van der Waals surface area (Å²) in [5.74, 6) is -0.116. The maximum atomic E-state index is 11.1. The fourth-order valence-electron chi connectivity index (χ4n) is 2.43. The van der Waals surface area contributed by atoms with E-state index in [-0.39, 0.29) is 6.10 Å². The molecule has 1 aromatic rings. The molecule has 1 aliphatic carbocycles. The highest BCUT2D eigenvalue weighted by molar-refractivity contribution is 5.79. The number of carbonyl (C=O) groups is 1. The van der Waals surface area contributed by atoms with Crippen molar-refractivity contribution in [3.05, 3.63) is 29.3 Å². The Hall–Kier alpha value is -1.55. The molecule has 0 spiro atoms. The number of rotatable bonds is 3. The highest BCUT2D eigenvalue weighted by Gasteiger charge is 2.43. The van der Waals surface area contributed by atoms with Crippen LogP contribution in [-0.2, 0) is 4.79 Å². The van der Waals surface area contributed by atoms with Gasteiger partial charge < -0.3 is 15.6 Å². The summed E-state index contributed by atoms with van der Waals surface area (Å²) in [6, 6.07) is 5.98. The van der Waals surface area contributed by atoms with Crippen LogP contribution < -0.4 is 10.5 Å². The summed E-state index contributed by atoms with van der Waals surface area (Å²) in [6.45, 7) is 4.02. The molecule has 98 valence electrons. The lowest BCUT2D eigenvalue weighted by atomic mass is 10.00. The smallest absolute Gasteiger partial charge is 0.323 e. The summed E-state index contributed by atoms with van der Waals surface area (Å²) in [6.07, 6.45) is 1.43. The van der Waals surface area contributed by atoms with E-state index >= 15 is 0 Å². The quantitative estimate of drug-likeness (QED) is 0.859. The molecule has 1 saturated carbocycles. The van der Waals surface area contributed by atoms with Crippen LogP contribution in [0.25, 0.3) is 0 Å². The summed E-state index contributed by atoms with van der Waals surface area (Å²) >= 11 is 0. The van der Waals surface area contributed by atoms with Crippen LogP contribution in [0.1, 0.15) is 30.4 Å². The minimum absolute atomic E-state index is 0.104. The van der Waals surface area contributed by atoms with Crippen molar-refractivity contribution in [2.24, 2.45) is 5.73 Å². The zero-order valence-electron chi connectivity index (χ0n) is 10.8. The second kappa shape index (κ2) is 4.61. The summed E-state index contributed by atoms with van der Waals surface area (Å²) in [5.41, 5.74) is 6.96. The number of nitrogens with two attached hydrogens (primary N) is 1. The topological polar surface area (TPSA) is 72.5 Å². The molecule has 3 N–H and O–H groups in total. The molecule has 2 unspecified atom stereocenters. The van der Waals surface area contributed by atoms with Crippen molar-refractivity contribution in [1.82, 2.24) is 0 Å². The van der Waals surface area contributed by atoms with Crippen molar-refractivity contribution in [1.29, 1.82) is 0 Å². The van der Waals surface area contributed by atoms with Gasteiger partial charge in [0.05, 0.1) is 0 Å². The number of hydrogen-bond acceptors (Lipinski definition) is 3. The third-order valence-corrected chi connectivity index (χ3v) is 3.55. The molecular formula is C14H19NO3. The standard InChI is InChI=1S/C14H19NO3/c1-9-3-4-12(10(2)7-9)18-11-5-6-14(15,8-11)13(16)17/h3-4,7,11H,5-6,8,15H2,1-2H3,(H,16,17). The Kier molecular flexibility index (Phi) is 3.30. The van der Waals surface area contributed by atoms with E-state index in [4.69, 9.17) is 15.6 Å². The predicted molar refractivity (Wildman–Crippen MR) is 68.7 cm³/mol. The van der Waals surface area contributed by atoms with E-state index in [9.17, 15) is 4.79 Å². The number of ether oxygens (including phenoxy) is 1. The first-order chi connectivity index (χ1) is 8.40. The lowest BCUT2D eigenvalue weighted by Gasteiger charge is -2.19. The Bertz CT molecular complexity index is 472. The highest BCUT2D eigenvalue weighted by atomic mass is 16.5. The van der Waals surface area contributed by atoms with E-state index < -0.39 is 11.5 Å². The van der Waals surface area contributed by atoms with Gasteiger partial charge in [0.2, 0.25) is 0 Å². The third-order valence-electron chi connectivity index (χ3n) is 3.55. The zero-order valence-corrected chi connectivity index (χ0v) is 10.8. The number of carboxylic acids is 1. The van der Waals surface area contributed by atoms with Gasteiger partial charge in [0.15, 0.2) is 0 Å². The van der Waals surface area contributed by atoms with Gasteiger partial charge >= 0.3 is 5.97 Å². The van der Waals surface area contributed by atoms with Crippen molar-refractivity contribution < 1.29 is 14.6 Å². The number of hydrogen-bond donors (Lipinski definition) is 2. The van der Waals surface area contributed by atoms with Crippen LogP contribution in [0, 0.1) is 13.8 Å². The summed E-state index contributed by atoms with van der Waals surface area (Å²) < 4.78 is 5.86. The average molecular weight is 249 g/mol. The Labute approximate surface area is 107 Å². The van der Waals surface area contributed by atoms with Crippen LogP contribution >= 0.6 is 0 Å². The molecule has 1 fully saturated rings. The highest BCUT2D eigenvalue weighted by Crippen LogP contribution is 2.32. The predicted octanol–water partition coefficient (Wildman–Crippen LogP) is 2.02. The van der Waals surface area contributed by atoms with Crippen LogP contribution in [0.15, 0.2) is 18.2 Å². The van der Waals surface area contributed by atoms with Crippen molar-refractivity contribution in [3.8, 4) is 5.75 Å². The van der Waals surface area contributed by atoms with Gasteiger partial charge in [0.25, 0.3) is 0 Å².